The highest BCUT2D eigenvalue weighted by molar-refractivity contribution is 7.12. The third kappa shape index (κ3) is 3.46. The fourth-order valence-electron chi connectivity index (χ4n) is 3.21. The van der Waals surface area contributed by atoms with Crippen LogP contribution in [0.3, 0.4) is 0 Å². The second kappa shape index (κ2) is 7.88. The number of rotatable bonds is 6. The van der Waals surface area contributed by atoms with Crippen LogP contribution >= 0.6 is 11.3 Å². The van der Waals surface area contributed by atoms with Crippen LogP contribution in [0.15, 0.2) is 72.9 Å². The summed E-state index contributed by atoms with van der Waals surface area (Å²) in [6, 6.07) is 11.4. The van der Waals surface area contributed by atoms with Crippen molar-refractivity contribution in [1.82, 2.24) is 34.2 Å². The van der Waals surface area contributed by atoms with Gasteiger partial charge in [0.1, 0.15) is 12.0 Å². The van der Waals surface area contributed by atoms with Crippen molar-refractivity contribution in [3.05, 3.63) is 84.3 Å². The van der Waals surface area contributed by atoms with Gasteiger partial charge in [0.25, 0.3) is 5.91 Å². The highest BCUT2D eigenvalue weighted by Gasteiger charge is 2.19. The Morgan fingerprint density at radius 2 is 2.00 bits per heavy atom. The van der Waals surface area contributed by atoms with Crippen LogP contribution < -0.4 is 5.32 Å². The number of hydrogen-bond acceptors (Lipinski definition) is 6. The lowest BCUT2D eigenvalue weighted by molar-refractivity contribution is 0.0951. The number of imidazole rings is 2. The largest absolute Gasteiger partial charge is 0.350 e. The van der Waals surface area contributed by atoms with Gasteiger partial charge < -0.3 is 5.32 Å². The van der Waals surface area contributed by atoms with Crippen LogP contribution in [-0.4, -0.2) is 41.4 Å². The number of amides is 1. The summed E-state index contributed by atoms with van der Waals surface area (Å²) in [5.41, 5.74) is 2.70. The average Bonchev–Trinajstić information content (AvgIpc) is 3.53. The summed E-state index contributed by atoms with van der Waals surface area (Å²) in [7, 11) is 0. The maximum absolute atomic E-state index is 12.8. The number of aromatic nitrogens is 6. The number of thiazole rings is 1. The van der Waals surface area contributed by atoms with Crippen molar-refractivity contribution >= 4 is 22.8 Å². The Morgan fingerprint density at radius 1 is 1.07 bits per heavy atom. The zero-order valence-corrected chi connectivity index (χ0v) is 16.7. The number of fused-ring (bicyclic) bond motifs is 1. The van der Waals surface area contributed by atoms with Crippen molar-refractivity contribution in [1.29, 1.82) is 0 Å². The van der Waals surface area contributed by atoms with Gasteiger partial charge in [0.15, 0.2) is 16.6 Å². The van der Waals surface area contributed by atoms with E-state index >= 15 is 0 Å². The van der Waals surface area contributed by atoms with Crippen LogP contribution in [0.25, 0.3) is 22.2 Å². The van der Waals surface area contributed by atoms with Gasteiger partial charge in [0.05, 0.1) is 5.52 Å². The molecular weight excluding hydrogens is 398 g/mol. The van der Waals surface area contributed by atoms with E-state index in [4.69, 9.17) is 0 Å². The Bertz CT molecular complexity index is 1290. The molecule has 5 aromatic heterocycles. The van der Waals surface area contributed by atoms with E-state index < -0.39 is 0 Å². The zero-order chi connectivity index (χ0) is 20.3. The summed E-state index contributed by atoms with van der Waals surface area (Å²) in [5.74, 6) is 0.385. The molecule has 0 aliphatic rings. The number of hydrogen-bond donors (Lipinski definition) is 1. The second-order valence-corrected chi connectivity index (χ2v) is 7.42. The van der Waals surface area contributed by atoms with E-state index in [2.05, 4.69) is 25.3 Å². The minimum Gasteiger partial charge on any atom is -0.350 e. The summed E-state index contributed by atoms with van der Waals surface area (Å²) in [6.07, 6.45) is 9.59. The van der Waals surface area contributed by atoms with E-state index in [1.165, 1.54) is 11.3 Å². The van der Waals surface area contributed by atoms with Crippen molar-refractivity contribution in [2.45, 2.75) is 6.42 Å². The van der Waals surface area contributed by atoms with Gasteiger partial charge in [-0.25, -0.2) is 15.0 Å². The normalized spacial score (nSPS) is 11.1. The first kappa shape index (κ1) is 18.2. The molecule has 0 unspecified atom stereocenters. The SMILES string of the molecule is O=C(NCCc1ccccn1)c1nc(-c2cn(-c3nccs3)cn2)n2ccccc12. The lowest BCUT2D eigenvalue weighted by Crippen LogP contribution is -2.26. The van der Waals surface area contributed by atoms with Crippen LogP contribution in [-0.2, 0) is 6.42 Å². The maximum Gasteiger partial charge on any atom is 0.272 e. The van der Waals surface area contributed by atoms with E-state index in [1.807, 2.05) is 63.1 Å². The predicted molar refractivity (Wildman–Crippen MR) is 114 cm³/mol. The van der Waals surface area contributed by atoms with Gasteiger partial charge >= 0.3 is 0 Å². The van der Waals surface area contributed by atoms with Crippen molar-refractivity contribution in [3.8, 4) is 16.6 Å². The molecular formula is C21H17N7OS. The Hall–Kier alpha value is -3.85. The van der Waals surface area contributed by atoms with Gasteiger partial charge in [-0.3, -0.25) is 18.7 Å². The average molecular weight is 415 g/mol. The molecule has 30 heavy (non-hydrogen) atoms. The molecule has 0 atom stereocenters. The van der Waals surface area contributed by atoms with Crippen LogP contribution in [0.4, 0.5) is 0 Å². The monoisotopic (exact) mass is 415 g/mol. The van der Waals surface area contributed by atoms with Crippen LogP contribution in [0, 0.1) is 0 Å². The Labute approximate surface area is 175 Å². The van der Waals surface area contributed by atoms with Crippen LogP contribution in [0.1, 0.15) is 16.2 Å². The van der Waals surface area contributed by atoms with E-state index in [-0.39, 0.29) is 5.91 Å². The fourth-order valence-corrected chi connectivity index (χ4v) is 3.79. The van der Waals surface area contributed by atoms with Crippen LogP contribution in [0.5, 0.6) is 0 Å². The minimum absolute atomic E-state index is 0.222. The molecule has 0 saturated heterocycles. The summed E-state index contributed by atoms with van der Waals surface area (Å²) in [6.45, 7) is 0.482. The molecule has 148 valence electrons. The van der Waals surface area contributed by atoms with E-state index in [0.717, 1.165) is 16.3 Å². The summed E-state index contributed by atoms with van der Waals surface area (Å²) < 4.78 is 3.72. The molecule has 1 N–H and O–H groups in total. The lowest BCUT2D eigenvalue weighted by Gasteiger charge is -2.03. The molecule has 0 fully saturated rings. The molecule has 8 nitrogen and oxygen atoms in total. The van der Waals surface area contributed by atoms with Gasteiger partial charge in [0, 0.05) is 48.8 Å². The van der Waals surface area contributed by atoms with Crippen molar-refractivity contribution < 1.29 is 4.79 Å². The number of pyridine rings is 2. The first-order valence-electron chi connectivity index (χ1n) is 9.39. The molecule has 9 heteroatoms. The third-order valence-corrected chi connectivity index (χ3v) is 5.39. The van der Waals surface area contributed by atoms with E-state index in [1.54, 1.807) is 18.7 Å². The number of carbonyl (C=O) groups is 1. The quantitative estimate of drug-likeness (QED) is 0.460. The van der Waals surface area contributed by atoms with Gasteiger partial charge in [-0.2, -0.15) is 0 Å². The number of nitrogens with one attached hydrogen (secondary N) is 1. The van der Waals surface area contributed by atoms with Crippen molar-refractivity contribution in [2.24, 2.45) is 0 Å². The van der Waals surface area contributed by atoms with Crippen LogP contribution in [0.2, 0.25) is 0 Å². The van der Waals surface area contributed by atoms with Gasteiger partial charge in [-0.15, -0.1) is 11.3 Å². The minimum atomic E-state index is -0.222. The highest BCUT2D eigenvalue weighted by Crippen LogP contribution is 2.23. The Morgan fingerprint density at radius 3 is 2.83 bits per heavy atom. The molecule has 5 aromatic rings. The summed E-state index contributed by atoms with van der Waals surface area (Å²) in [5, 5.41) is 5.67. The molecule has 0 radical (unpaired) electrons. The Kier molecular flexibility index (Phi) is 4.78. The molecule has 0 aromatic carbocycles. The molecule has 5 heterocycles. The summed E-state index contributed by atoms with van der Waals surface area (Å²) in [4.78, 5) is 30.5. The first-order valence-corrected chi connectivity index (χ1v) is 10.3. The lowest BCUT2D eigenvalue weighted by atomic mass is 10.2. The topological polar surface area (TPSA) is 90.0 Å². The molecule has 5 rings (SSSR count). The standard InChI is InChI=1S/C21H17N7OS/c29-20(23-9-7-15-5-1-3-8-22-15)18-17-6-2-4-11-28(17)19(26-18)16-13-27(14-25-16)21-24-10-12-30-21/h1-6,8,10-14H,7,9H2,(H,23,29). The fraction of sp³-hybridized carbons (Fsp3) is 0.0952. The molecule has 0 saturated carbocycles. The predicted octanol–water partition coefficient (Wildman–Crippen LogP) is 3.01. The molecule has 1 amide bonds. The highest BCUT2D eigenvalue weighted by atomic mass is 32.1. The molecule has 0 spiro atoms. The Balaban J connectivity index is 1.42. The zero-order valence-electron chi connectivity index (χ0n) is 15.8. The molecule has 0 aliphatic carbocycles. The van der Waals surface area contributed by atoms with E-state index in [0.29, 0.717) is 30.2 Å². The maximum atomic E-state index is 12.8. The smallest absolute Gasteiger partial charge is 0.272 e. The van der Waals surface area contributed by atoms with Crippen molar-refractivity contribution in [3.63, 3.8) is 0 Å². The van der Waals surface area contributed by atoms with Gasteiger partial charge in [-0.1, -0.05) is 12.1 Å². The molecule has 0 bridgehead atoms. The number of nitrogens with zero attached hydrogens (tertiary/aromatic N) is 6. The van der Waals surface area contributed by atoms with Gasteiger partial charge in [0.2, 0.25) is 0 Å². The summed E-state index contributed by atoms with van der Waals surface area (Å²) >= 11 is 1.52. The molecule has 0 aliphatic heterocycles. The first-order chi connectivity index (χ1) is 14.8. The van der Waals surface area contributed by atoms with Gasteiger partial charge in [-0.05, 0) is 24.3 Å². The number of carbonyl (C=O) groups excluding carboxylic acids is 1. The van der Waals surface area contributed by atoms with Crippen molar-refractivity contribution in [2.75, 3.05) is 6.54 Å². The second-order valence-electron chi connectivity index (χ2n) is 6.55. The van der Waals surface area contributed by atoms with E-state index in [9.17, 15) is 4.79 Å². The third-order valence-electron chi connectivity index (χ3n) is 4.61.